The van der Waals surface area contributed by atoms with Crippen molar-refractivity contribution in [1.82, 2.24) is 0 Å². The third-order valence-electron chi connectivity index (χ3n) is 0.530. The smallest absolute Gasteiger partial charge is 0.545 e. The summed E-state index contributed by atoms with van der Waals surface area (Å²) in [6.45, 7) is -0.278. The molecular weight excluding hydrogens is 222 g/mol. The van der Waals surface area contributed by atoms with Crippen molar-refractivity contribution in [3.8, 4) is 0 Å². The third-order valence-corrected chi connectivity index (χ3v) is 0.530. The summed E-state index contributed by atoms with van der Waals surface area (Å²) in [6, 6.07) is 0. The van der Waals surface area contributed by atoms with E-state index in [1.54, 1.807) is 0 Å². The summed E-state index contributed by atoms with van der Waals surface area (Å²) >= 11 is 0. The van der Waals surface area contributed by atoms with Crippen molar-refractivity contribution in [2.75, 3.05) is 6.54 Å². The first kappa shape index (κ1) is 19.0. The molecule has 0 spiro atoms. The number of hydrogen-bond donors (Lipinski definition) is 2. The molecule has 14 heavy (non-hydrogen) atoms. The standard InChI is InChI=1S/C4H4O4.C2H5NO2.Ca/c5-3(6)1-2-4(7)8;3-1-2(4)5;/h1-2H,(H,5,6)(H,7,8);1,3H2,(H,4,5);/q;;+2/p-2. The fourth-order valence-electron chi connectivity index (χ4n) is 0.136. The number of carbonyl (C=O) groups excluding carboxylic acids is 2. The van der Waals surface area contributed by atoms with Gasteiger partial charge in [-0.2, -0.15) is 0 Å². The fraction of sp³-hybridized carbons (Fsp3) is 0.167. The maximum absolute atomic E-state index is 9.41. The molecule has 0 saturated heterocycles. The SMILES string of the molecule is NCC(=O)O.O=C([O-])C=CC(=O)[O-].[Ca+2]. The Morgan fingerprint density at radius 1 is 1.14 bits per heavy atom. The average Bonchev–Trinajstić information content (AvgIpc) is 2.02. The normalized spacial score (nSPS) is 8.07. The van der Waals surface area contributed by atoms with Crippen molar-refractivity contribution < 1.29 is 29.7 Å². The van der Waals surface area contributed by atoms with E-state index in [1.807, 2.05) is 0 Å². The number of carboxylic acids is 3. The van der Waals surface area contributed by atoms with E-state index in [9.17, 15) is 24.6 Å². The van der Waals surface area contributed by atoms with Gasteiger partial charge in [-0.05, 0) is 12.2 Å². The van der Waals surface area contributed by atoms with Gasteiger partial charge in [-0.15, -0.1) is 0 Å². The number of hydrogen-bond acceptors (Lipinski definition) is 6. The van der Waals surface area contributed by atoms with Gasteiger partial charge in [-0.25, -0.2) is 0 Å². The number of rotatable bonds is 3. The predicted octanol–water partition coefficient (Wildman–Crippen LogP) is -4.31. The molecule has 0 unspecified atom stereocenters. The first-order valence-corrected chi connectivity index (χ1v) is 2.92. The van der Waals surface area contributed by atoms with Crippen LogP contribution in [0.1, 0.15) is 0 Å². The van der Waals surface area contributed by atoms with Crippen molar-refractivity contribution in [3.05, 3.63) is 12.2 Å². The molecule has 0 amide bonds. The summed E-state index contributed by atoms with van der Waals surface area (Å²) in [7, 11) is 0. The van der Waals surface area contributed by atoms with E-state index in [0.717, 1.165) is 0 Å². The second kappa shape index (κ2) is 12.4. The zero-order chi connectivity index (χ0) is 10.9. The summed E-state index contributed by atoms with van der Waals surface area (Å²) < 4.78 is 0. The molecule has 0 aliphatic heterocycles. The molecular formula is C6H7CaNO6. The molecule has 0 aromatic carbocycles. The first-order chi connectivity index (χ1) is 5.90. The van der Waals surface area contributed by atoms with Crippen LogP contribution in [0.2, 0.25) is 0 Å². The molecule has 7 nitrogen and oxygen atoms in total. The van der Waals surface area contributed by atoms with Crippen LogP contribution in [0.4, 0.5) is 0 Å². The van der Waals surface area contributed by atoms with Crippen LogP contribution in [0.5, 0.6) is 0 Å². The molecule has 0 rings (SSSR count). The number of carboxylic acid groups (broad SMARTS) is 3. The van der Waals surface area contributed by atoms with Crippen LogP contribution in [0.3, 0.4) is 0 Å². The van der Waals surface area contributed by atoms with E-state index in [2.05, 4.69) is 5.73 Å². The van der Waals surface area contributed by atoms with Crippen molar-refractivity contribution >= 4 is 55.6 Å². The third kappa shape index (κ3) is 30.1. The summed E-state index contributed by atoms with van der Waals surface area (Å²) in [6.07, 6.45) is 0.769. The fourth-order valence-corrected chi connectivity index (χ4v) is 0.136. The molecule has 0 heterocycles. The van der Waals surface area contributed by atoms with Gasteiger partial charge in [0, 0.05) is 0 Å². The van der Waals surface area contributed by atoms with Crippen LogP contribution in [-0.2, 0) is 14.4 Å². The summed E-state index contributed by atoms with van der Waals surface area (Å²) in [5.41, 5.74) is 4.57. The van der Waals surface area contributed by atoms with Gasteiger partial charge in [0.1, 0.15) is 0 Å². The summed E-state index contributed by atoms with van der Waals surface area (Å²) in [5, 5.41) is 26.4. The zero-order valence-corrected chi connectivity index (χ0v) is 9.34. The van der Waals surface area contributed by atoms with Crippen molar-refractivity contribution in [1.29, 1.82) is 0 Å². The molecule has 0 fully saturated rings. The number of nitrogens with two attached hydrogens (primary N) is 1. The second-order valence-electron chi connectivity index (χ2n) is 1.57. The van der Waals surface area contributed by atoms with E-state index in [1.165, 1.54) is 0 Å². The largest absolute Gasteiger partial charge is 2.00 e. The van der Waals surface area contributed by atoms with Crippen LogP contribution in [0.25, 0.3) is 0 Å². The van der Waals surface area contributed by atoms with Crippen LogP contribution in [0, 0.1) is 0 Å². The van der Waals surface area contributed by atoms with Crippen molar-refractivity contribution in [2.24, 2.45) is 5.73 Å². The van der Waals surface area contributed by atoms with E-state index in [0.29, 0.717) is 12.2 Å². The molecule has 0 bridgehead atoms. The van der Waals surface area contributed by atoms with Crippen LogP contribution >= 0.6 is 0 Å². The van der Waals surface area contributed by atoms with Gasteiger partial charge < -0.3 is 30.6 Å². The Labute approximate surface area is 109 Å². The Hall–Kier alpha value is -0.630. The minimum atomic E-state index is -1.55. The summed E-state index contributed by atoms with van der Waals surface area (Å²) in [5.74, 6) is -4.06. The quantitative estimate of drug-likeness (QED) is 0.368. The Bertz CT molecular complexity index is 210. The Morgan fingerprint density at radius 3 is 1.43 bits per heavy atom. The second-order valence-corrected chi connectivity index (χ2v) is 1.57. The Morgan fingerprint density at radius 2 is 1.36 bits per heavy atom. The molecule has 0 aliphatic carbocycles. The van der Waals surface area contributed by atoms with Crippen LogP contribution in [0.15, 0.2) is 12.2 Å². The molecule has 0 atom stereocenters. The molecule has 8 heteroatoms. The van der Waals surface area contributed by atoms with Gasteiger partial charge >= 0.3 is 43.7 Å². The molecule has 0 aromatic rings. The summed E-state index contributed by atoms with van der Waals surface area (Å²) in [4.78, 5) is 28.1. The van der Waals surface area contributed by atoms with Gasteiger partial charge in [-0.3, -0.25) is 4.79 Å². The Balaban J connectivity index is -0.000000177. The minimum absolute atomic E-state index is 0. The molecule has 0 aliphatic rings. The molecule has 3 N–H and O–H groups in total. The minimum Gasteiger partial charge on any atom is -0.545 e. The molecule has 74 valence electrons. The van der Waals surface area contributed by atoms with Crippen LogP contribution in [-0.4, -0.2) is 67.3 Å². The average molecular weight is 229 g/mol. The molecule has 0 saturated carbocycles. The van der Waals surface area contributed by atoms with E-state index in [4.69, 9.17) is 5.11 Å². The maximum atomic E-state index is 9.41. The maximum Gasteiger partial charge on any atom is 2.00 e. The topological polar surface area (TPSA) is 144 Å². The zero-order valence-electron chi connectivity index (χ0n) is 7.13. The van der Waals surface area contributed by atoms with E-state index in [-0.39, 0.29) is 44.3 Å². The van der Waals surface area contributed by atoms with E-state index < -0.39 is 17.9 Å². The number of carbonyl (C=O) groups is 3. The van der Waals surface area contributed by atoms with Gasteiger partial charge in [0.2, 0.25) is 0 Å². The van der Waals surface area contributed by atoms with E-state index >= 15 is 0 Å². The molecule has 0 radical (unpaired) electrons. The first-order valence-electron chi connectivity index (χ1n) is 2.92. The van der Waals surface area contributed by atoms with Gasteiger partial charge in [0.25, 0.3) is 0 Å². The van der Waals surface area contributed by atoms with Crippen LogP contribution < -0.4 is 15.9 Å². The predicted molar refractivity (Wildman–Crippen MR) is 41.6 cm³/mol. The van der Waals surface area contributed by atoms with Crippen molar-refractivity contribution in [3.63, 3.8) is 0 Å². The Kier molecular flexibility index (Phi) is 16.8. The van der Waals surface area contributed by atoms with Crippen molar-refractivity contribution in [2.45, 2.75) is 0 Å². The number of aliphatic carboxylic acids is 3. The van der Waals surface area contributed by atoms with Gasteiger partial charge in [-0.1, -0.05) is 0 Å². The monoisotopic (exact) mass is 229 g/mol. The molecule has 0 aromatic heterocycles. The van der Waals surface area contributed by atoms with Gasteiger partial charge in [0.15, 0.2) is 0 Å². The van der Waals surface area contributed by atoms with Gasteiger partial charge in [0.05, 0.1) is 18.5 Å².